The first-order valence-electron chi connectivity index (χ1n) is 28.6. The minimum Gasteiger partial charge on any atom is -0.311 e. The maximum absolute atomic E-state index is 5.62. The normalized spacial score (nSPS) is 17.9. The van der Waals surface area contributed by atoms with Crippen LogP contribution < -0.4 is 52.4 Å². The molecule has 0 saturated carbocycles. The fraction of sp³-hybridized carbons (Fsp3) is 0.254. The highest BCUT2D eigenvalue weighted by Crippen LogP contribution is 2.53. The topological polar surface area (TPSA) is 25.9 Å². The van der Waals surface area contributed by atoms with Crippen LogP contribution in [0.15, 0.2) is 176 Å². The van der Waals surface area contributed by atoms with Crippen molar-refractivity contribution in [2.24, 2.45) is 0 Å². The molecule has 9 aromatic rings. The van der Waals surface area contributed by atoms with Gasteiger partial charge in [-0.15, -0.1) is 0 Å². The van der Waals surface area contributed by atoms with E-state index in [-0.39, 0.29) is 35.1 Å². The highest BCUT2D eigenvalue weighted by molar-refractivity contribution is 7.03. The van der Waals surface area contributed by atoms with Crippen molar-refractivity contribution in [2.45, 2.75) is 117 Å². The molecule has 1 aromatic heterocycles. The average Bonchev–Trinajstić information content (AvgIpc) is 2.78. The number of aromatic nitrogens is 1. The second-order valence-electron chi connectivity index (χ2n) is 26.2. The molecule has 0 unspecified atom stereocenters. The molecule has 7 heteroatoms. The van der Waals surface area contributed by atoms with Crippen molar-refractivity contribution in [3.8, 4) is 0 Å². The van der Waals surface area contributed by atoms with E-state index < -0.39 is 0 Å². The van der Waals surface area contributed by atoms with Crippen LogP contribution in [0.5, 0.6) is 0 Å². The summed E-state index contributed by atoms with van der Waals surface area (Å²) in [5.74, 6) is 0.999. The molecule has 0 spiro atoms. The highest BCUT2D eigenvalue weighted by atomic mass is 15.2. The Hall–Kier alpha value is -7.76. The van der Waals surface area contributed by atoms with Gasteiger partial charge in [-0.25, -0.2) is 4.98 Å². The van der Waals surface area contributed by atoms with E-state index in [0.29, 0.717) is 0 Å². The summed E-state index contributed by atoms with van der Waals surface area (Å²) in [6, 6.07) is 67.9. The number of hydrogen-bond acceptors (Lipinski definition) is 5. The molecule has 78 heavy (non-hydrogen) atoms. The molecule has 0 fully saturated rings. The summed E-state index contributed by atoms with van der Waals surface area (Å²) < 4.78 is 0. The molecular weight excluding hydrogens is 944 g/mol. The third kappa shape index (κ3) is 6.72. The van der Waals surface area contributed by atoms with Crippen LogP contribution in [-0.2, 0) is 21.7 Å². The first-order chi connectivity index (χ1) is 37.5. The predicted octanol–water partition coefficient (Wildman–Crippen LogP) is 14.6. The molecule has 382 valence electrons. The number of aryl methyl sites for hydroxylation is 2. The van der Waals surface area contributed by atoms with Gasteiger partial charge in [-0.1, -0.05) is 146 Å². The molecule has 0 saturated heterocycles. The van der Waals surface area contributed by atoms with E-state index in [9.17, 15) is 0 Å². The van der Waals surface area contributed by atoms with Crippen LogP contribution in [-0.4, -0.2) is 18.4 Å². The molecule has 0 bridgehead atoms. The quantitative estimate of drug-likeness (QED) is 0.164. The Bertz CT molecular complexity index is 3750. The van der Waals surface area contributed by atoms with E-state index in [1.807, 2.05) is 0 Å². The third-order valence-corrected chi connectivity index (χ3v) is 19.4. The number of anilines is 12. The summed E-state index contributed by atoms with van der Waals surface area (Å²) in [7, 11) is 0. The molecule has 5 heterocycles. The van der Waals surface area contributed by atoms with E-state index in [0.717, 1.165) is 35.7 Å². The van der Waals surface area contributed by atoms with Crippen molar-refractivity contribution in [3.05, 3.63) is 209 Å². The maximum atomic E-state index is 5.62. The Labute approximate surface area is 462 Å². The Kier molecular flexibility index (Phi) is 9.97. The number of pyridine rings is 1. The molecule has 4 aliphatic heterocycles. The van der Waals surface area contributed by atoms with Crippen LogP contribution in [0.3, 0.4) is 0 Å². The summed E-state index contributed by atoms with van der Waals surface area (Å²) >= 11 is 0. The van der Waals surface area contributed by atoms with Crippen LogP contribution in [0.1, 0.15) is 115 Å². The molecule has 0 amide bonds. The van der Waals surface area contributed by atoms with Gasteiger partial charge in [0.25, 0.3) is 13.4 Å². The standard InChI is InChI=1S/C71H67B2N5/c1-44-37-62-65-63(38-44)76(48-29-31-50-52(40-48)70(7,8)35-33-68(50,3)4)60-43-61-57(42-56(60)72(65)54-25-17-19-27-58(54)75(62)46-21-13-11-14-22-46)73-55-26-18-20-28-59(55)78(47-23-15-12-16-24-47)67-66(73)64(39-45(2)74-67)77(61)49-30-32-51-53(41-49)71(9,10)36-34-69(51,5)6/h11-32,37-43H,33-36H2,1-10H3. The van der Waals surface area contributed by atoms with E-state index in [1.54, 1.807) is 0 Å². The second-order valence-corrected chi connectivity index (χ2v) is 26.2. The van der Waals surface area contributed by atoms with Crippen molar-refractivity contribution < 1.29 is 0 Å². The highest BCUT2D eigenvalue weighted by Gasteiger charge is 2.50. The molecule has 0 atom stereocenters. The first kappa shape index (κ1) is 47.5. The second kappa shape index (κ2) is 16.4. The van der Waals surface area contributed by atoms with Crippen LogP contribution in [0, 0.1) is 13.8 Å². The van der Waals surface area contributed by atoms with E-state index in [1.165, 1.54) is 125 Å². The van der Waals surface area contributed by atoms with Gasteiger partial charge >= 0.3 is 0 Å². The zero-order valence-corrected chi connectivity index (χ0v) is 47.0. The van der Waals surface area contributed by atoms with Crippen molar-refractivity contribution in [3.63, 3.8) is 0 Å². The first-order valence-corrected chi connectivity index (χ1v) is 28.6. The van der Waals surface area contributed by atoms with Gasteiger partial charge in [0.15, 0.2) is 0 Å². The molecule has 0 N–H and O–H groups in total. The molecule has 8 aromatic carbocycles. The fourth-order valence-electron chi connectivity index (χ4n) is 15.2. The summed E-state index contributed by atoms with van der Waals surface area (Å²) in [4.78, 5) is 15.9. The average molecular weight is 1010 g/mol. The molecule has 5 nitrogen and oxygen atoms in total. The number of benzene rings is 8. The Balaban J connectivity index is 1.07. The number of para-hydroxylation sites is 4. The van der Waals surface area contributed by atoms with Gasteiger partial charge in [0.05, 0.1) is 0 Å². The van der Waals surface area contributed by atoms with E-state index >= 15 is 0 Å². The lowest BCUT2D eigenvalue weighted by Gasteiger charge is -2.48. The van der Waals surface area contributed by atoms with Gasteiger partial charge < -0.3 is 14.7 Å². The minimum absolute atomic E-state index is 0.0153. The summed E-state index contributed by atoms with van der Waals surface area (Å²) in [6.07, 6.45) is 4.63. The summed E-state index contributed by atoms with van der Waals surface area (Å²) in [5.41, 5.74) is 29.3. The minimum atomic E-state index is -0.0948. The molecule has 0 radical (unpaired) electrons. The number of hydrogen-bond donors (Lipinski definition) is 0. The van der Waals surface area contributed by atoms with Crippen molar-refractivity contribution in [2.75, 3.05) is 19.6 Å². The van der Waals surface area contributed by atoms with Crippen molar-refractivity contribution in [1.82, 2.24) is 4.98 Å². The van der Waals surface area contributed by atoms with E-state index in [4.69, 9.17) is 4.98 Å². The maximum Gasteiger partial charge on any atom is 0.254 e. The van der Waals surface area contributed by atoms with Gasteiger partial charge in [-0.05, 0) is 207 Å². The summed E-state index contributed by atoms with van der Waals surface area (Å²) in [6.45, 7) is 24.0. The lowest BCUT2D eigenvalue weighted by atomic mass is 9.30. The molecule has 2 aliphatic carbocycles. The smallest absolute Gasteiger partial charge is 0.254 e. The van der Waals surface area contributed by atoms with Crippen molar-refractivity contribution >= 4 is 115 Å². The van der Waals surface area contributed by atoms with Gasteiger partial charge in [-0.3, -0.25) is 4.90 Å². The zero-order chi connectivity index (χ0) is 53.4. The van der Waals surface area contributed by atoms with Crippen LogP contribution in [0.2, 0.25) is 0 Å². The van der Waals surface area contributed by atoms with Gasteiger partial charge in [-0.2, -0.15) is 0 Å². The lowest BCUT2D eigenvalue weighted by Crippen LogP contribution is -2.65. The monoisotopic (exact) mass is 1010 g/mol. The van der Waals surface area contributed by atoms with Crippen LogP contribution >= 0.6 is 0 Å². The Morgan fingerprint density at radius 1 is 0.333 bits per heavy atom. The van der Waals surface area contributed by atoms with Crippen molar-refractivity contribution in [1.29, 1.82) is 0 Å². The van der Waals surface area contributed by atoms with Gasteiger partial charge in [0, 0.05) is 68.3 Å². The predicted molar refractivity (Wildman–Crippen MR) is 332 cm³/mol. The number of rotatable bonds is 4. The zero-order valence-electron chi connectivity index (χ0n) is 47.0. The van der Waals surface area contributed by atoms with E-state index in [2.05, 4.69) is 265 Å². The van der Waals surface area contributed by atoms with Gasteiger partial charge in [0.1, 0.15) is 5.82 Å². The fourth-order valence-corrected chi connectivity index (χ4v) is 15.2. The molecular formula is C71H67B2N5. The largest absolute Gasteiger partial charge is 0.311 e. The SMILES string of the molecule is Cc1cc2c3c(c1)N(c1ccc4c(c1)C(C)(C)CCC4(C)C)c1cc4c(cc1B3c1ccccc1N2c1ccccc1)B1c2ccccc2N(c2ccccc2)c2nc(C)cc(c21)N4c1ccc2c(c1)C(C)(C)CCC2(C)C. The molecule has 6 aliphatic rings. The number of nitrogens with zero attached hydrogens (tertiary/aromatic N) is 5. The Morgan fingerprint density at radius 3 is 1.26 bits per heavy atom. The Morgan fingerprint density at radius 2 is 0.744 bits per heavy atom. The van der Waals surface area contributed by atoms with Gasteiger partial charge in [0.2, 0.25) is 0 Å². The number of fused-ring (bicyclic) bond motifs is 10. The summed E-state index contributed by atoms with van der Waals surface area (Å²) in [5, 5.41) is 0. The molecule has 15 rings (SSSR count). The lowest BCUT2D eigenvalue weighted by molar-refractivity contribution is 0.332. The van der Waals surface area contributed by atoms with Crippen LogP contribution in [0.25, 0.3) is 0 Å². The van der Waals surface area contributed by atoms with Crippen LogP contribution in [0.4, 0.5) is 68.4 Å². The third-order valence-electron chi connectivity index (χ3n) is 19.4.